The van der Waals surface area contributed by atoms with Gasteiger partial charge in [0.1, 0.15) is 6.42 Å². The van der Waals surface area contributed by atoms with Crippen molar-refractivity contribution in [1.29, 1.82) is 0 Å². The first-order chi connectivity index (χ1) is 5.20. The normalized spacial score (nSPS) is 8.00. The van der Waals surface area contributed by atoms with Crippen LogP contribution in [0.25, 0.3) is 0 Å². The Balaban J connectivity index is 3.65. The molecular formula is C5H5N2O4. The Morgan fingerprint density at radius 3 is 1.55 bits per heavy atom. The molecule has 0 aliphatic carbocycles. The van der Waals surface area contributed by atoms with Crippen LogP contribution in [-0.4, -0.2) is 24.6 Å². The lowest BCUT2D eigenvalue weighted by Crippen LogP contribution is -2.31. The van der Waals surface area contributed by atoms with E-state index in [1.807, 2.05) is 0 Å². The Bertz CT molecular complexity index is 169. The summed E-state index contributed by atoms with van der Waals surface area (Å²) in [5.41, 5.74) is 0. The van der Waals surface area contributed by atoms with Gasteiger partial charge in [-0.1, -0.05) is 0 Å². The Hall–Kier alpha value is -1.72. The van der Waals surface area contributed by atoms with Gasteiger partial charge in [-0.2, -0.15) is 0 Å². The second kappa shape index (κ2) is 5.10. The van der Waals surface area contributed by atoms with E-state index in [0.29, 0.717) is 6.42 Å². The zero-order valence-corrected chi connectivity index (χ0v) is 5.37. The highest BCUT2D eigenvalue weighted by Crippen LogP contribution is 1.74. The van der Waals surface area contributed by atoms with Crippen LogP contribution in [0.3, 0.4) is 0 Å². The van der Waals surface area contributed by atoms with Gasteiger partial charge in [0.25, 0.3) is 0 Å². The predicted octanol–water partition coefficient (Wildman–Crippen LogP) is -2.26. The fourth-order valence-electron chi connectivity index (χ4n) is 0.319. The summed E-state index contributed by atoms with van der Waals surface area (Å²) in [6, 6.07) is 0. The molecule has 59 valence electrons. The summed E-state index contributed by atoms with van der Waals surface area (Å²) in [7, 11) is 0. The number of hydrogen-bond acceptors (Lipinski definition) is 4. The Morgan fingerprint density at radius 2 is 1.27 bits per heavy atom. The lowest BCUT2D eigenvalue weighted by atomic mass is 10.4. The fourth-order valence-corrected chi connectivity index (χ4v) is 0.319. The zero-order chi connectivity index (χ0) is 8.69. The van der Waals surface area contributed by atoms with Crippen molar-refractivity contribution in [3.8, 4) is 0 Å². The van der Waals surface area contributed by atoms with Crippen LogP contribution < -0.4 is 10.6 Å². The number of carbonyl (C=O) groups is 4. The quantitative estimate of drug-likeness (QED) is 0.355. The molecule has 0 saturated heterocycles. The Kier molecular flexibility index (Phi) is 4.30. The van der Waals surface area contributed by atoms with Gasteiger partial charge in [-0.3, -0.25) is 29.8 Å². The van der Waals surface area contributed by atoms with E-state index in [2.05, 4.69) is 0 Å². The molecule has 6 nitrogen and oxygen atoms in total. The predicted molar refractivity (Wildman–Crippen MR) is 32.7 cm³/mol. The largest absolute Gasteiger partial charge is 0.298 e. The van der Waals surface area contributed by atoms with Gasteiger partial charge < -0.3 is 0 Å². The van der Waals surface area contributed by atoms with Crippen molar-refractivity contribution in [3.63, 3.8) is 0 Å². The van der Waals surface area contributed by atoms with Crippen molar-refractivity contribution in [2.75, 3.05) is 0 Å². The molecule has 1 radical (unpaired) electrons. The third kappa shape index (κ3) is 4.76. The van der Waals surface area contributed by atoms with Gasteiger partial charge in [-0.05, 0) is 0 Å². The molecule has 6 heteroatoms. The maximum atomic E-state index is 10.4. The monoisotopic (exact) mass is 157 g/mol. The van der Waals surface area contributed by atoms with Gasteiger partial charge in [-0.25, -0.2) is 0 Å². The van der Waals surface area contributed by atoms with E-state index in [4.69, 9.17) is 0 Å². The summed E-state index contributed by atoms with van der Waals surface area (Å²) in [6.45, 7) is 0. The van der Waals surface area contributed by atoms with E-state index in [0.717, 1.165) is 0 Å². The summed E-state index contributed by atoms with van der Waals surface area (Å²) < 4.78 is 0. The number of imide groups is 2. The van der Waals surface area contributed by atoms with Crippen LogP contribution in [0.4, 0.5) is 0 Å². The lowest BCUT2D eigenvalue weighted by molar-refractivity contribution is -0.126. The molecule has 0 aromatic carbocycles. The molecule has 0 aromatic rings. The van der Waals surface area contributed by atoms with Gasteiger partial charge in [0.05, 0.1) is 0 Å². The molecule has 0 rings (SSSR count). The van der Waals surface area contributed by atoms with Gasteiger partial charge >= 0.3 is 0 Å². The van der Waals surface area contributed by atoms with E-state index in [9.17, 15) is 19.2 Å². The van der Waals surface area contributed by atoms with Crippen molar-refractivity contribution in [2.45, 2.75) is 0 Å². The van der Waals surface area contributed by atoms with Crippen LogP contribution in [0.15, 0.2) is 0 Å². The SMILES string of the molecule is O=CNC(=O)[CH]C(=O)NC=O. The molecule has 0 bridgehead atoms. The van der Waals surface area contributed by atoms with Crippen molar-refractivity contribution in [3.05, 3.63) is 6.42 Å². The molecule has 11 heavy (non-hydrogen) atoms. The van der Waals surface area contributed by atoms with Crippen LogP contribution in [0.2, 0.25) is 0 Å². The minimum atomic E-state index is -0.876. The molecule has 0 fully saturated rings. The molecular weight excluding hydrogens is 152 g/mol. The molecule has 0 atom stereocenters. The molecule has 0 saturated carbocycles. The number of amides is 4. The minimum Gasteiger partial charge on any atom is -0.298 e. The van der Waals surface area contributed by atoms with E-state index >= 15 is 0 Å². The second-order valence-corrected chi connectivity index (χ2v) is 1.40. The number of nitrogens with one attached hydrogen (secondary N) is 2. The third-order valence-corrected chi connectivity index (χ3v) is 0.665. The maximum Gasteiger partial charge on any atom is 0.240 e. The fraction of sp³-hybridized carbons (Fsp3) is 0. The average molecular weight is 157 g/mol. The van der Waals surface area contributed by atoms with E-state index in [1.54, 1.807) is 10.6 Å². The zero-order valence-electron chi connectivity index (χ0n) is 5.37. The van der Waals surface area contributed by atoms with E-state index in [1.165, 1.54) is 0 Å². The first kappa shape index (κ1) is 9.28. The highest BCUT2D eigenvalue weighted by Gasteiger charge is 2.07. The van der Waals surface area contributed by atoms with Crippen LogP contribution in [0, 0.1) is 6.42 Å². The standard InChI is InChI=1S/C5H5N2O4/c8-2-6-4(10)1-5(11)7-3-9/h1-3H,(H,6,8,10)(H,7,9,11). The van der Waals surface area contributed by atoms with Crippen LogP contribution in [0.1, 0.15) is 0 Å². The first-order valence-electron chi connectivity index (χ1n) is 2.53. The Morgan fingerprint density at radius 1 is 0.909 bits per heavy atom. The van der Waals surface area contributed by atoms with Gasteiger partial charge in [0, 0.05) is 0 Å². The third-order valence-electron chi connectivity index (χ3n) is 0.665. The molecule has 0 aliphatic rings. The Labute approximate surface area is 61.9 Å². The average Bonchev–Trinajstić information content (AvgIpc) is 1.87. The van der Waals surface area contributed by atoms with Crippen molar-refractivity contribution >= 4 is 24.6 Å². The lowest BCUT2D eigenvalue weighted by Gasteiger charge is -1.94. The van der Waals surface area contributed by atoms with Crippen LogP contribution >= 0.6 is 0 Å². The first-order valence-corrected chi connectivity index (χ1v) is 2.53. The molecule has 0 spiro atoms. The van der Waals surface area contributed by atoms with Gasteiger partial charge in [-0.15, -0.1) is 0 Å². The second-order valence-electron chi connectivity index (χ2n) is 1.40. The highest BCUT2D eigenvalue weighted by atomic mass is 16.2. The summed E-state index contributed by atoms with van der Waals surface area (Å²) in [5, 5.41) is 3.37. The number of hydrogen-bond donors (Lipinski definition) is 2. The summed E-state index contributed by atoms with van der Waals surface area (Å²) in [6.07, 6.45) is 0.808. The molecule has 2 N–H and O–H groups in total. The number of carbonyl (C=O) groups excluding carboxylic acids is 4. The molecule has 4 amide bonds. The molecule has 0 aromatic heterocycles. The molecule has 0 heterocycles. The summed E-state index contributed by atoms with van der Waals surface area (Å²) in [5.74, 6) is -1.75. The minimum absolute atomic E-state index is 0.132. The smallest absolute Gasteiger partial charge is 0.240 e. The molecule has 0 unspecified atom stereocenters. The maximum absolute atomic E-state index is 10.4. The topological polar surface area (TPSA) is 92.3 Å². The van der Waals surface area contributed by atoms with Crippen LogP contribution in [0.5, 0.6) is 0 Å². The van der Waals surface area contributed by atoms with Crippen molar-refractivity contribution < 1.29 is 19.2 Å². The summed E-state index contributed by atoms with van der Waals surface area (Å²) in [4.78, 5) is 39.9. The van der Waals surface area contributed by atoms with E-state index < -0.39 is 11.8 Å². The summed E-state index contributed by atoms with van der Waals surface area (Å²) >= 11 is 0. The highest BCUT2D eigenvalue weighted by molar-refractivity contribution is 6.12. The van der Waals surface area contributed by atoms with Crippen molar-refractivity contribution in [2.24, 2.45) is 0 Å². The van der Waals surface area contributed by atoms with Crippen molar-refractivity contribution in [1.82, 2.24) is 10.6 Å². The number of rotatable bonds is 4. The van der Waals surface area contributed by atoms with Crippen LogP contribution in [-0.2, 0) is 19.2 Å². The van der Waals surface area contributed by atoms with E-state index in [-0.39, 0.29) is 12.8 Å². The molecule has 0 aliphatic heterocycles. The van der Waals surface area contributed by atoms with Gasteiger partial charge in [0.2, 0.25) is 24.6 Å². The van der Waals surface area contributed by atoms with Gasteiger partial charge in [0.15, 0.2) is 0 Å².